The predicted molar refractivity (Wildman–Crippen MR) is 97.9 cm³/mol. The summed E-state index contributed by atoms with van der Waals surface area (Å²) < 4.78 is 1.62. The van der Waals surface area contributed by atoms with Crippen molar-refractivity contribution in [2.75, 3.05) is 0 Å². The summed E-state index contributed by atoms with van der Waals surface area (Å²) in [5.74, 6) is 0.318. The van der Waals surface area contributed by atoms with Gasteiger partial charge in [0, 0.05) is 30.7 Å². The maximum absolute atomic E-state index is 12.6. The Bertz CT molecular complexity index is 1030. The lowest BCUT2D eigenvalue weighted by atomic mass is 10.1. The molecule has 0 spiro atoms. The zero-order valence-corrected chi connectivity index (χ0v) is 14.8. The summed E-state index contributed by atoms with van der Waals surface area (Å²) in [6.07, 6.45) is 6.07. The molecule has 4 rings (SSSR count). The van der Waals surface area contributed by atoms with Crippen molar-refractivity contribution in [3.63, 3.8) is 0 Å². The number of fused-ring (bicyclic) bond motifs is 1. The molecular formula is C19H18N6O2. The fraction of sp³-hybridized carbons (Fsp3) is 0.263. The molecule has 3 aromatic heterocycles. The van der Waals surface area contributed by atoms with Crippen LogP contribution in [0.5, 0.6) is 0 Å². The van der Waals surface area contributed by atoms with Crippen molar-refractivity contribution in [3.8, 4) is 11.4 Å². The van der Waals surface area contributed by atoms with Crippen LogP contribution in [0, 0.1) is 6.92 Å². The molecule has 0 saturated carbocycles. The number of rotatable bonds is 3. The molecule has 27 heavy (non-hydrogen) atoms. The van der Waals surface area contributed by atoms with E-state index >= 15 is 0 Å². The SMILES string of the molecule is Cc1ccc(C(=O)NC2CCCn3c2nc(-c2ccncn2)cc3=O)cn1. The van der Waals surface area contributed by atoms with E-state index in [1.807, 2.05) is 6.92 Å². The first-order valence-electron chi connectivity index (χ1n) is 8.73. The molecule has 1 aliphatic rings. The van der Waals surface area contributed by atoms with E-state index in [1.54, 1.807) is 35.2 Å². The van der Waals surface area contributed by atoms with Crippen LogP contribution in [-0.4, -0.2) is 30.4 Å². The Morgan fingerprint density at radius 2 is 2.11 bits per heavy atom. The smallest absolute Gasteiger partial charge is 0.254 e. The Kier molecular flexibility index (Phi) is 4.45. The Hall–Kier alpha value is -3.42. The van der Waals surface area contributed by atoms with E-state index in [-0.39, 0.29) is 17.5 Å². The number of aryl methyl sites for hydroxylation is 1. The van der Waals surface area contributed by atoms with Crippen molar-refractivity contribution in [1.29, 1.82) is 0 Å². The zero-order valence-electron chi connectivity index (χ0n) is 14.8. The average Bonchev–Trinajstić information content (AvgIpc) is 2.69. The third-order valence-electron chi connectivity index (χ3n) is 4.55. The van der Waals surface area contributed by atoms with E-state index in [4.69, 9.17) is 0 Å². The lowest BCUT2D eigenvalue weighted by Crippen LogP contribution is -2.38. The van der Waals surface area contributed by atoms with Crippen LogP contribution in [0.25, 0.3) is 11.4 Å². The first-order valence-corrected chi connectivity index (χ1v) is 8.73. The Labute approximate surface area is 155 Å². The van der Waals surface area contributed by atoms with E-state index in [0.29, 0.717) is 35.7 Å². The van der Waals surface area contributed by atoms with E-state index in [2.05, 4.69) is 25.3 Å². The molecule has 8 heteroatoms. The van der Waals surface area contributed by atoms with Gasteiger partial charge in [-0.2, -0.15) is 0 Å². The van der Waals surface area contributed by atoms with Crippen molar-refractivity contribution < 1.29 is 4.79 Å². The summed E-state index contributed by atoms with van der Waals surface area (Å²) in [4.78, 5) is 42.0. The summed E-state index contributed by atoms with van der Waals surface area (Å²) in [5, 5.41) is 2.98. The topological polar surface area (TPSA) is 103 Å². The van der Waals surface area contributed by atoms with Gasteiger partial charge in [0.05, 0.1) is 23.0 Å². The molecule has 3 aromatic rings. The van der Waals surface area contributed by atoms with Crippen LogP contribution < -0.4 is 10.9 Å². The molecule has 0 radical (unpaired) electrons. The molecule has 4 heterocycles. The number of amides is 1. The number of carbonyl (C=O) groups excluding carboxylic acids is 1. The van der Waals surface area contributed by atoms with Gasteiger partial charge in [-0.1, -0.05) is 0 Å². The van der Waals surface area contributed by atoms with Gasteiger partial charge in [-0.3, -0.25) is 19.1 Å². The van der Waals surface area contributed by atoms with Crippen LogP contribution in [0.3, 0.4) is 0 Å². The van der Waals surface area contributed by atoms with Gasteiger partial charge in [0.1, 0.15) is 12.2 Å². The number of aromatic nitrogens is 5. The molecule has 8 nitrogen and oxygen atoms in total. The second kappa shape index (κ2) is 7.06. The summed E-state index contributed by atoms with van der Waals surface area (Å²) in [6.45, 7) is 2.45. The molecule has 136 valence electrons. The highest BCUT2D eigenvalue weighted by molar-refractivity contribution is 5.94. The van der Waals surface area contributed by atoms with Gasteiger partial charge >= 0.3 is 0 Å². The quantitative estimate of drug-likeness (QED) is 0.760. The van der Waals surface area contributed by atoms with Crippen LogP contribution >= 0.6 is 0 Å². The van der Waals surface area contributed by atoms with Crippen LogP contribution in [-0.2, 0) is 6.54 Å². The highest BCUT2D eigenvalue weighted by Crippen LogP contribution is 2.24. The van der Waals surface area contributed by atoms with Gasteiger partial charge in [-0.15, -0.1) is 0 Å². The van der Waals surface area contributed by atoms with Gasteiger partial charge in [-0.25, -0.2) is 15.0 Å². The number of nitrogens with zero attached hydrogens (tertiary/aromatic N) is 5. The van der Waals surface area contributed by atoms with Gasteiger partial charge in [0.15, 0.2) is 0 Å². The molecule has 1 amide bonds. The van der Waals surface area contributed by atoms with Gasteiger partial charge in [0.25, 0.3) is 11.5 Å². The molecule has 0 aliphatic carbocycles. The minimum atomic E-state index is -0.345. The van der Waals surface area contributed by atoms with E-state index in [0.717, 1.165) is 12.1 Å². The number of hydrogen-bond acceptors (Lipinski definition) is 6. The van der Waals surface area contributed by atoms with Gasteiger partial charge in [0.2, 0.25) is 0 Å². The monoisotopic (exact) mass is 362 g/mol. The second-order valence-corrected chi connectivity index (χ2v) is 6.44. The molecule has 0 saturated heterocycles. The van der Waals surface area contributed by atoms with Crippen molar-refractivity contribution in [3.05, 3.63) is 70.4 Å². The standard InChI is InChI=1S/C19H18N6O2/c1-12-4-5-13(10-21-12)19(27)24-15-3-2-8-25-17(26)9-16(23-18(15)25)14-6-7-20-11-22-14/h4-7,9-11,15H,2-3,8H2,1H3,(H,24,27). The van der Waals surface area contributed by atoms with Crippen molar-refractivity contribution in [1.82, 2.24) is 29.8 Å². The first-order chi connectivity index (χ1) is 13.1. The fourth-order valence-electron chi connectivity index (χ4n) is 3.15. The summed E-state index contributed by atoms with van der Waals surface area (Å²) >= 11 is 0. The summed E-state index contributed by atoms with van der Waals surface area (Å²) in [5.41, 5.74) is 2.23. The normalized spacial score (nSPS) is 15.8. The lowest BCUT2D eigenvalue weighted by molar-refractivity contribution is 0.0927. The molecule has 0 fully saturated rings. The van der Waals surface area contributed by atoms with E-state index in [9.17, 15) is 9.59 Å². The van der Waals surface area contributed by atoms with E-state index < -0.39 is 0 Å². The third kappa shape index (κ3) is 3.46. The Morgan fingerprint density at radius 3 is 2.85 bits per heavy atom. The molecule has 1 atom stereocenters. The minimum Gasteiger partial charge on any atom is -0.342 e. The maximum atomic E-state index is 12.6. The van der Waals surface area contributed by atoms with Crippen LogP contribution in [0.1, 0.15) is 40.8 Å². The molecule has 0 bridgehead atoms. The highest BCUT2D eigenvalue weighted by Gasteiger charge is 2.25. The maximum Gasteiger partial charge on any atom is 0.254 e. The Balaban J connectivity index is 1.67. The summed E-state index contributed by atoms with van der Waals surface area (Å²) in [7, 11) is 0. The van der Waals surface area contributed by atoms with Crippen LogP contribution in [0.4, 0.5) is 0 Å². The summed E-state index contributed by atoms with van der Waals surface area (Å²) in [6, 6.07) is 6.35. The van der Waals surface area contributed by atoms with Crippen LogP contribution in [0.15, 0.2) is 47.8 Å². The number of pyridine rings is 1. The number of hydrogen-bond donors (Lipinski definition) is 1. The van der Waals surface area contributed by atoms with Crippen LogP contribution in [0.2, 0.25) is 0 Å². The first kappa shape index (κ1) is 17.0. The fourth-order valence-corrected chi connectivity index (χ4v) is 3.15. The highest BCUT2D eigenvalue weighted by atomic mass is 16.2. The molecule has 1 aliphatic heterocycles. The Morgan fingerprint density at radius 1 is 1.22 bits per heavy atom. The van der Waals surface area contributed by atoms with Crippen molar-refractivity contribution in [2.24, 2.45) is 0 Å². The molecular weight excluding hydrogens is 344 g/mol. The molecule has 1 unspecified atom stereocenters. The largest absolute Gasteiger partial charge is 0.342 e. The number of carbonyl (C=O) groups is 1. The predicted octanol–water partition coefficient (Wildman–Crippen LogP) is 1.67. The van der Waals surface area contributed by atoms with E-state index in [1.165, 1.54) is 12.4 Å². The third-order valence-corrected chi connectivity index (χ3v) is 4.55. The lowest BCUT2D eigenvalue weighted by Gasteiger charge is -2.26. The van der Waals surface area contributed by atoms with Gasteiger partial charge in [-0.05, 0) is 38.0 Å². The molecule has 1 N–H and O–H groups in total. The van der Waals surface area contributed by atoms with Crippen molar-refractivity contribution >= 4 is 5.91 Å². The van der Waals surface area contributed by atoms with Crippen molar-refractivity contribution in [2.45, 2.75) is 32.4 Å². The molecule has 0 aromatic carbocycles. The van der Waals surface area contributed by atoms with Gasteiger partial charge < -0.3 is 5.32 Å². The average molecular weight is 362 g/mol. The zero-order chi connectivity index (χ0) is 18.8. The second-order valence-electron chi connectivity index (χ2n) is 6.44. The number of nitrogens with one attached hydrogen (secondary N) is 1. The minimum absolute atomic E-state index is 0.149.